The Balaban J connectivity index is 2.72. The van der Waals surface area contributed by atoms with Gasteiger partial charge in [-0.3, -0.25) is 0 Å². The Hall–Kier alpha value is -1.12. The van der Waals surface area contributed by atoms with Crippen LogP contribution in [-0.2, 0) is 9.53 Å². The summed E-state index contributed by atoms with van der Waals surface area (Å²) in [7, 11) is 0. The molecule has 0 bridgehead atoms. The van der Waals surface area contributed by atoms with Crippen LogP contribution in [0.25, 0.3) is 0 Å². The fraction of sp³-hybridized carbons (Fsp3) is 0.111. The van der Waals surface area contributed by atoms with E-state index in [2.05, 4.69) is 6.58 Å². The summed E-state index contributed by atoms with van der Waals surface area (Å²) < 4.78 is 5.43. The van der Waals surface area contributed by atoms with Crippen molar-refractivity contribution in [1.82, 2.24) is 0 Å². The molecule has 0 amide bonds. The topological polar surface area (TPSA) is 50.1 Å². The van der Waals surface area contributed by atoms with Crippen molar-refractivity contribution >= 4 is 29.5 Å². The van der Waals surface area contributed by atoms with E-state index in [0.29, 0.717) is 4.24 Å². The van der Waals surface area contributed by atoms with Crippen LogP contribution in [0.4, 0.5) is 0 Å². The largest absolute Gasteiger partial charge is 0.457 e. The molecule has 0 aromatic carbocycles. The highest BCUT2D eigenvalue weighted by molar-refractivity contribution is 8.27. The maximum absolute atomic E-state index is 11.3. The van der Waals surface area contributed by atoms with Crippen LogP contribution in [0.1, 0.15) is 0 Å². The lowest BCUT2D eigenvalue weighted by Crippen LogP contribution is -2.07. The molecular weight excluding hydrogens is 218 g/mol. The zero-order chi connectivity index (χ0) is 10.4. The Kier molecular flexibility index (Phi) is 4.36. The summed E-state index contributed by atoms with van der Waals surface area (Å²) in [6.45, 7) is 3.54. The van der Waals surface area contributed by atoms with E-state index < -0.39 is 5.97 Å². The smallest absolute Gasteiger partial charge is 0.350 e. The number of carbonyl (C=O) groups is 1. The number of esters is 1. The van der Waals surface area contributed by atoms with Gasteiger partial charge in [0, 0.05) is 0 Å². The van der Waals surface area contributed by atoms with E-state index in [1.807, 2.05) is 16.9 Å². The van der Waals surface area contributed by atoms with Gasteiger partial charge in [0.05, 0.1) is 4.24 Å². The molecule has 0 spiro atoms. The van der Waals surface area contributed by atoms with Gasteiger partial charge in [0.15, 0.2) is 5.57 Å². The highest BCUT2D eigenvalue weighted by Gasteiger charge is 2.18. The second kappa shape index (κ2) is 5.58. The number of thioether (sulfide) groups is 2. The Morgan fingerprint density at radius 3 is 2.79 bits per heavy atom. The second-order valence-corrected chi connectivity index (χ2v) is 4.26. The third-order valence-corrected chi connectivity index (χ3v) is 3.39. The van der Waals surface area contributed by atoms with Crippen molar-refractivity contribution in [1.29, 1.82) is 5.26 Å². The van der Waals surface area contributed by atoms with Gasteiger partial charge >= 0.3 is 5.97 Å². The Bertz CT molecular complexity index is 342. The van der Waals surface area contributed by atoms with Gasteiger partial charge in [-0.05, 0) is 10.8 Å². The van der Waals surface area contributed by atoms with Crippen LogP contribution in [0.2, 0.25) is 0 Å². The molecule has 0 fully saturated rings. The molecule has 1 aliphatic heterocycles. The first-order valence-electron chi connectivity index (χ1n) is 3.70. The van der Waals surface area contributed by atoms with Gasteiger partial charge in [-0.15, -0.1) is 0 Å². The Morgan fingerprint density at radius 2 is 2.29 bits per heavy atom. The molecule has 1 rings (SSSR count). The van der Waals surface area contributed by atoms with Gasteiger partial charge in [0.1, 0.15) is 12.7 Å². The number of hydrogen-bond acceptors (Lipinski definition) is 5. The molecule has 0 radical (unpaired) electrons. The van der Waals surface area contributed by atoms with Gasteiger partial charge < -0.3 is 4.74 Å². The van der Waals surface area contributed by atoms with E-state index in [1.54, 1.807) is 0 Å². The van der Waals surface area contributed by atoms with Crippen LogP contribution < -0.4 is 0 Å². The summed E-state index contributed by atoms with van der Waals surface area (Å²) in [6, 6.07) is 1.84. The first-order chi connectivity index (χ1) is 6.79. The molecule has 3 nitrogen and oxygen atoms in total. The van der Waals surface area contributed by atoms with Gasteiger partial charge in [-0.2, -0.15) is 5.26 Å². The van der Waals surface area contributed by atoms with Crippen molar-refractivity contribution in [2.24, 2.45) is 0 Å². The molecule has 0 aromatic heterocycles. The van der Waals surface area contributed by atoms with E-state index in [0.717, 1.165) is 0 Å². The monoisotopic (exact) mass is 225 g/mol. The number of carbonyl (C=O) groups excluding carboxylic acids is 1. The van der Waals surface area contributed by atoms with Crippen molar-refractivity contribution < 1.29 is 9.53 Å². The lowest BCUT2D eigenvalue weighted by molar-refractivity contribution is -0.137. The standard InChI is InChI=1S/C9H7NO2S2/c1-2-3-12-8(11)7(6-10)9-13-4-5-14-9/h2,4-5H,1,3H2. The minimum Gasteiger partial charge on any atom is -0.457 e. The summed E-state index contributed by atoms with van der Waals surface area (Å²) in [5, 5.41) is 12.4. The maximum atomic E-state index is 11.3. The summed E-state index contributed by atoms with van der Waals surface area (Å²) in [5.74, 6) is -0.592. The van der Waals surface area contributed by atoms with Crippen LogP contribution >= 0.6 is 23.5 Å². The lowest BCUT2D eigenvalue weighted by atomic mass is 10.3. The number of rotatable bonds is 3. The van der Waals surface area contributed by atoms with Crippen LogP contribution in [0.5, 0.6) is 0 Å². The molecule has 0 atom stereocenters. The lowest BCUT2D eigenvalue weighted by Gasteiger charge is -2.01. The van der Waals surface area contributed by atoms with Crippen molar-refractivity contribution in [3.63, 3.8) is 0 Å². The van der Waals surface area contributed by atoms with Crippen molar-refractivity contribution in [3.8, 4) is 6.07 Å². The van der Waals surface area contributed by atoms with E-state index in [-0.39, 0.29) is 12.2 Å². The first-order valence-corrected chi connectivity index (χ1v) is 5.46. The molecule has 5 heteroatoms. The molecule has 0 unspecified atom stereocenters. The fourth-order valence-corrected chi connectivity index (χ4v) is 2.45. The van der Waals surface area contributed by atoms with Gasteiger partial charge in [0.25, 0.3) is 0 Å². The summed E-state index contributed by atoms with van der Waals surface area (Å²) in [5.41, 5.74) is 0.0619. The SMILES string of the molecule is C=CCOC(=O)C(C#N)=C1SC=CS1. The molecule has 0 aromatic rings. The predicted molar refractivity (Wildman–Crippen MR) is 58.1 cm³/mol. The number of nitrogens with zero attached hydrogens (tertiary/aromatic N) is 1. The van der Waals surface area contributed by atoms with E-state index in [4.69, 9.17) is 10.00 Å². The van der Waals surface area contributed by atoms with E-state index in [9.17, 15) is 4.79 Å². The van der Waals surface area contributed by atoms with Gasteiger partial charge in [-0.25, -0.2) is 4.79 Å². The van der Waals surface area contributed by atoms with E-state index >= 15 is 0 Å². The highest BCUT2D eigenvalue weighted by atomic mass is 32.2. The molecule has 1 aliphatic rings. The molecule has 72 valence electrons. The Morgan fingerprint density at radius 1 is 1.64 bits per heavy atom. The summed E-state index contributed by atoms with van der Waals surface area (Å²) in [4.78, 5) is 11.3. The van der Waals surface area contributed by atoms with Crippen LogP contribution in [0.3, 0.4) is 0 Å². The predicted octanol–water partition coefficient (Wildman–Crippen LogP) is 2.40. The quantitative estimate of drug-likeness (QED) is 0.319. The van der Waals surface area contributed by atoms with Crippen molar-refractivity contribution in [2.75, 3.05) is 6.61 Å². The van der Waals surface area contributed by atoms with Crippen LogP contribution in [-0.4, -0.2) is 12.6 Å². The molecule has 0 N–H and O–H groups in total. The highest BCUT2D eigenvalue weighted by Crippen LogP contribution is 2.39. The average molecular weight is 225 g/mol. The minimum atomic E-state index is -0.592. The van der Waals surface area contributed by atoms with Gasteiger partial charge in [0.2, 0.25) is 0 Å². The second-order valence-electron chi connectivity index (χ2n) is 2.17. The Labute approximate surface area is 90.5 Å². The van der Waals surface area contributed by atoms with Crippen LogP contribution in [0, 0.1) is 11.3 Å². The molecule has 1 heterocycles. The summed E-state index contributed by atoms with van der Waals surface area (Å²) in [6.07, 6.45) is 1.46. The van der Waals surface area contributed by atoms with Gasteiger partial charge in [-0.1, -0.05) is 36.2 Å². The maximum Gasteiger partial charge on any atom is 0.350 e. The molecule has 0 saturated heterocycles. The number of ether oxygens (including phenoxy) is 1. The van der Waals surface area contributed by atoms with Crippen LogP contribution in [0.15, 0.2) is 33.3 Å². The van der Waals surface area contributed by atoms with Crippen molar-refractivity contribution in [2.45, 2.75) is 0 Å². The molecule has 0 aliphatic carbocycles. The average Bonchev–Trinajstić information content (AvgIpc) is 2.69. The third-order valence-electron chi connectivity index (χ3n) is 1.26. The zero-order valence-electron chi connectivity index (χ0n) is 7.23. The summed E-state index contributed by atoms with van der Waals surface area (Å²) >= 11 is 2.70. The van der Waals surface area contributed by atoms with Crippen molar-refractivity contribution in [3.05, 3.63) is 33.3 Å². The molecular formula is C9H7NO2S2. The molecule has 0 saturated carbocycles. The van der Waals surface area contributed by atoms with E-state index in [1.165, 1.54) is 29.6 Å². The fourth-order valence-electron chi connectivity index (χ4n) is 0.706. The zero-order valence-corrected chi connectivity index (χ0v) is 8.86. The number of hydrogen-bond donors (Lipinski definition) is 0. The number of nitriles is 1. The third kappa shape index (κ3) is 2.69. The molecule has 14 heavy (non-hydrogen) atoms. The normalized spacial score (nSPS) is 13.5. The first kappa shape index (κ1) is 11.0. The minimum absolute atomic E-state index is 0.0619.